The van der Waals surface area contributed by atoms with Crippen LogP contribution in [0.15, 0.2) is 24.3 Å². The van der Waals surface area contributed by atoms with Crippen LogP contribution in [0.1, 0.15) is 16.2 Å². The Balaban J connectivity index is 1.93. The average molecular weight is 384 g/mol. The molecule has 25 heavy (non-hydrogen) atoms. The number of hydrogen-bond acceptors (Lipinski definition) is 4. The maximum Gasteiger partial charge on any atom is 0.328 e. The van der Waals surface area contributed by atoms with Gasteiger partial charge in [0.15, 0.2) is 11.7 Å². The summed E-state index contributed by atoms with van der Waals surface area (Å²) in [6.45, 7) is 2.23. The molecule has 1 fully saturated rings. The van der Waals surface area contributed by atoms with E-state index < -0.39 is 17.9 Å². The smallest absolute Gasteiger partial charge is 0.328 e. The number of ether oxygens (including phenoxy) is 1. The summed E-state index contributed by atoms with van der Waals surface area (Å²) < 4.78 is 6.68. The Morgan fingerprint density at radius 3 is 2.76 bits per heavy atom. The van der Waals surface area contributed by atoms with Crippen molar-refractivity contribution in [1.29, 1.82) is 0 Å². The maximum atomic E-state index is 12.7. The molecule has 1 aromatic heterocycles. The van der Waals surface area contributed by atoms with E-state index in [1.54, 1.807) is 31.2 Å². The zero-order valence-electron chi connectivity index (χ0n) is 13.3. The molecule has 0 aliphatic carbocycles. The number of rotatable bonds is 3. The van der Waals surface area contributed by atoms with Crippen molar-refractivity contribution in [3.63, 3.8) is 0 Å². The van der Waals surface area contributed by atoms with Crippen LogP contribution in [-0.4, -0.2) is 57.5 Å². The van der Waals surface area contributed by atoms with E-state index in [-0.39, 0.29) is 25.5 Å². The van der Waals surface area contributed by atoms with Crippen LogP contribution in [0.2, 0.25) is 10.0 Å². The highest BCUT2D eigenvalue weighted by Crippen LogP contribution is 2.25. The largest absolute Gasteiger partial charge is 0.480 e. The second-order valence-electron chi connectivity index (χ2n) is 5.61. The normalized spacial score (nSPS) is 17.6. The lowest BCUT2D eigenvalue weighted by molar-refractivity contribution is -0.147. The summed E-state index contributed by atoms with van der Waals surface area (Å²) in [6.07, 6.45) is 0. The second-order valence-corrected chi connectivity index (χ2v) is 6.45. The Labute approximate surface area is 153 Å². The molecule has 132 valence electrons. The highest BCUT2D eigenvalue weighted by Gasteiger charge is 2.34. The highest BCUT2D eigenvalue weighted by molar-refractivity contribution is 6.35. The lowest BCUT2D eigenvalue weighted by atomic mass is 10.2. The number of aromatic nitrogens is 2. The number of nitrogens with zero attached hydrogens (tertiary/aromatic N) is 3. The van der Waals surface area contributed by atoms with Gasteiger partial charge < -0.3 is 14.7 Å². The van der Waals surface area contributed by atoms with E-state index in [1.807, 2.05) is 0 Å². The lowest BCUT2D eigenvalue weighted by Crippen LogP contribution is -2.52. The van der Waals surface area contributed by atoms with Crippen LogP contribution in [0.4, 0.5) is 0 Å². The standard InChI is InChI=1S/C16H15Cl2N3O4/c1-9-6-12(15(22)20-4-5-25-8-14(20)16(23)24)19-21(9)13-3-2-10(17)7-11(13)18/h2-3,6-7,14H,4-5,8H2,1H3,(H,23,24). The zero-order valence-corrected chi connectivity index (χ0v) is 14.8. The summed E-state index contributed by atoms with van der Waals surface area (Å²) in [5, 5.41) is 14.5. The van der Waals surface area contributed by atoms with Crippen LogP contribution < -0.4 is 0 Å². The highest BCUT2D eigenvalue weighted by atomic mass is 35.5. The minimum atomic E-state index is -1.11. The SMILES string of the molecule is Cc1cc(C(=O)N2CCOCC2C(=O)O)nn1-c1ccc(Cl)cc1Cl. The summed E-state index contributed by atoms with van der Waals surface area (Å²) in [4.78, 5) is 25.3. The van der Waals surface area contributed by atoms with E-state index in [0.29, 0.717) is 21.4 Å². The first-order chi connectivity index (χ1) is 11.9. The molecule has 1 N–H and O–H groups in total. The first kappa shape index (κ1) is 17.7. The van der Waals surface area contributed by atoms with E-state index in [0.717, 1.165) is 0 Å². The summed E-state index contributed by atoms with van der Waals surface area (Å²) in [6, 6.07) is 5.54. The molecule has 0 saturated carbocycles. The molecular weight excluding hydrogens is 369 g/mol. The zero-order chi connectivity index (χ0) is 18.1. The Hall–Kier alpha value is -2.09. The molecule has 1 aliphatic rings. The van der Waals surface area contributed by atoms with Crippen LogP contribution in [0.3, 0.4) is 0 Å². The molecule has 1 atom stereocenters. The first-order valence-electron chi connectivity index (χ1n) is 7.52. The van der Waals surface area contributed by atoms with E-state index in [4.69, 9.17) is 27.9 Å². The number of morpholine rings is 1. The summed E-state index contributed by atoms with van der Waals surface area (Å²) in [5.41, 5.74) is 1.42. The fourth-order valence-electron chi connectivity index (χ4n) is 2.67. The van der Waals surface area contributed by atoms with Gasteiger partial charge in [-0.1, -0.05) is 23.2 Å². The fraction of sp³-hybridized carbons (Fsp3) is 0.312. The fourth-order valence-corrected chi connectivity index (χ4v) is 3.16. The number of halogens is 2. The molecule has 1 amide bonds. The van der Waals surface area contributed by atoms with Crippen LogP contribution in [0.25, 0.3) is 5.69 Å². The van der Waals surface area contributed by atoms with Crippen LogP contribution in [-0.2, 0) is 9.53 Å². The van der Waals surface area contributed by atoms with Gasteiger partial charge in [-0.15, -0.1) is 0 Å². The molecule has 0 bridgehead atoms. The molecule has 2 heterocycles. The molecule has 0 radical (unpaired) electrons. The molecular formula is C16H15Cl2N3O4. The van der Waals surface area contributed by atoms with Crippen molar-refractivity contribution >= 4 is 35.1 Å². The predicted molar refractivity (Wildman–Crippen MR) is 91.6 cm³/mol. The van der Waals surface area contributed by atoms with Gasteiger partial charge in [-0.05, 0) is 31.2 Å². The molecule has 1 aliphatic heterocycles. The molecule has 1 saturated heterocycles. The van der Waals surface area contributed by atoms with Crippen molar-refractivity contribution in [2.75, 3.05) is 19.8 Å². The molecule has 9 heteroatoms. The van der Waals surface area contributed by atoms with Crippen molar-refractivity contribution in [2.45, 2.75) is 13.0 Å². The lowest BCUT2D eigenvalue weighted by Gasteiger charge is -2.32. The number of aliphatic carboxylic acids is 1. The molecule has 1 aromatic carbocycles. The van der Waals surface area contributed by atoms with Crippen molar-refractivity contribution in [2.24, 2.45) is 0 Å². The van der Waals surface area contributed by atoms with Crippen molar-refractivity contribution in [3.8, 4) is 5.69 Å². The second kappa shape index (κ2) is 7.03. The summed E-state index contributed by atoms with van der Waals surface area (Å²) in [5.74, 6) is -1.56. The molecule has 7 nitrogen and oxygen atoms in total. The number of carbonyl (C=O) groups excluding carboxylic acids is 1. The van der Waals surface area contributed by atoms with Crippen LogP contribution in [0.5, 0.6) is 0 Å². The Morgan fingerprint density at radius 2 is 2.08 bits per heavy atom. The number of carboxylic acid groups (broad SMARTS) is 1. The van der Waals surface area contributed by atoms with E-state index in [1.165, 1.54) is 9.58 Å². The third-order valence-corrected chi connectivity index (χ3v) is 4.46. The number of amides is 1. The van der Waals surface area contributed by atoms with Gasteiger partial charge in [0.2, 0.25) is 0 Å². The Morgan fingerprint density at radius 1 is 1.32 bits per heavy atom. The van der Waals surface area contributed by atoms with Crippen molar-refractivity contribution in [3.05, 3.63) is 45.7 Å². The maximum absolute atomic E-state index is 12.7. The van der Waals surface area contributed by atoms with E-state index >= 15 is 0 Å². The third kappa shape index (κ3) is 3.49. The van der Waals surface area contributed by atoms with Gasteiger partial charge in [0.05, 0.1) is 23.9 Å². The number of carboxylic acids is 1. The minimum absolute atomic E-state index is 0.0379. The van der Waals surface area contributed by atoms with Gasteiger partial charge >= 0.3 is 5.97 Å². The summed E-state index contributed by atoms with van der Waals surface area (Å²) >= 11 is 12.1. The Bertz CT molecular complexity index is 837. The number of hydrogen-bond donors (Lipinski definition) is 1. The van der Waals surface area contributed by atoms with Crippen LogP contribution in [0, 0.1) is 6.92 Å². The number of carbonyl (C=O) groups is 2. The van der Waals surface area contributed by atoms with Gasteiger partial charge in [-0.2, -0.15) is 5.10 Å². The Kier molecular flexibility index (Phi) is 4.99. The van der Waals surface area contributed by atoms with Gasteiger partial charge in [0.25, 0.3) is 5.91 Å². The van der Waals surface area contributed by atoms with Gasteiger partial charge in [0, 0.05) is 17.3 Å². The predicted octanol–water partition coefficient (Wildman–Crippen LogP) is 2.41. The van der Waals surface area contributed by atoms with Gasteiger partial charge in [0.1, 0.15) is 0 Å². The molecule has 2 aromatic rings. The summed E-state index contributed by atoms with van der Waals surface area (Å²) in [7, 11) is 0. The first-order valence-corrected chi connectivity index (χ1v) is 8.27. The minimum Gasteiger partial charge on any atom is -0.480 e. The topological polar surface area (TPSA) is 84.7 Å². The number of benzene rings is 1. The van der Waals surface area contributed by atoms with E-state index in [9.17, 15) is 14.7 Å². The van der Waals surface area contributed by atoms with Gasteiger partial charge in [-0.3, -0.25) is 4.79 Å². The third-order valence-electron chi connectivity index (χ3n) is 3.92. The van der Waals surface area contributed by atoms with Gasteiger partial charge in [-0.25, -0.2) is 9.48 Å². The molecule has 0 spiro atoms. The van der Waals surface area contributed by atoms with Crippen molar-refractivity contribution in [1.82, 2.24) is 14.7 Å². The molecule has 1 unspecified atom stereocenters. The van der Waals surface area contributed by atoms with Crippen LogP contribution >= 0.6 is 23.2 Å². The average Bonchev–Trinajstić information content (AvgIpc) is 2.96. The molecule has 3 rings (SSSR count). The van der Waals surface area contributed by atoms with E-state index in [2.05, 4.69) is 5.10 Å². The monoisotopic (exact) mass is 383 g/mol. The quantitative estimate of drug-likeness (QED) is 0.879. The number of aryl methyl sites for hydroxylation is 1. The van der Waals surface area contributed by atoms with Crippen molar-refractivity contribution < 1.29 is 19.4 Å².